The Hall–Kier alpha value is -2.29. The summed E-state index contributed by atoms with van der Waals surface area (Å²) in [4.78, 5) is 18.4. The van der Waals surface area contributed by atoms with Crippen LogP contribution < -0.4 is 4.90 Å². The number of benzene rings is 2. The largest absolute Gasteiger partial charge is 0.368 e. The van der Waals surface area contributed by atoms with E-state index in [1.807, 2.05) is 0 Å². The van der Waals surface area contributed by atoms with Gasteiger partial charge in [0.2, 0.25) is 5.91 Å². The van der Waals surface area contributed by atoms with Gasteiger partial charge in [0.15, 0.2) is 0 Å². The first-order valence-corrected chi connectivity index (χ1v) is 13.2. The standard InChI is InChI=1S/C30H38N2O/c1-21-8-10-28(11-9-21)31-12-14-32(15-13-31)29(33)20-30(25-6-4-3-5-7-25)26-16-23-17-27(30)19-24(18-26)22(23)2/h3-11,22-24,26-27H,12-20H2,1-2H3. The van der Waals surface area contributed by atoms with Gasteiger partial charge in [-0.1, -0.05) is 55.0 Å². The second-order valence-electron chi connectivity index (χ2n) is 11.5. The highest BCUT2D eigenvalue weighted by molar-refractivity contribution is 5.78. The first-order chi connectivity index (χ1) is 16.0. The van der Waals surface area contributed by atoms with Gasteiger partial charge in [-0.05, 0) is 79.9 Å². The van der Waals surface area contributed by atoms with E-state index in [0.717, 1.165) is 43.9 Å². The van der Waals surface area contributed by atoms with E-state index in [2.05, 4.69) is 78.2 Å². The minimum atomic E-state index is 0.0551. The zero-order valence-corrected chi connectivity index (χ0v) is 20.2. The molecule has 3 heteroatoms. The van der Waals surface area contributed by atoms with Crippen molar-refractivity contribution in [1.82, 2.24) is 4.90 Å². The van der Waals surface area contributed by atoms with Crippen LogP contribution in [0.3, 0.4) is 0 Å². The number of hydrogen-bond donors (Lipinski definition) is 0. The minimum Gasteiger partial charge on any atom is -0.368 e. The molecule has 3 nitrogen and oxygen atoms in total. The molecule has 174 valence electrons. The summed E-state index contributed by atoms with van der Waals surface area (Å²) >= 11 is 0. The number of rotatable bonds is 4. The van der Waals surface area contributed by atoms with Crippen LogP contribution in [0.5, 0.6) is 0 Å². The number of anilines is 1. The summed E-state index contributed by atoms with van der Waals surface area (Å²) < 4.78 is 0. The Bertz CT molecular complexity index is 960. The fourth-order valence-corrected chi connectivity index (χ4v) is 8.21. The summed E-state index contributed by atoms with van der Waals surface area (Å²) in [6.45, 7) is 8.18. The third-order valence-corrected chi connectivity index (χ3v) is 10.1. The van der Waals surface area contributed by atoms with Gasteiger partial charge < -0.3 is 9.80 Å². The van der Waals surface area contributed by atoms with Gasteiger partial charge in [0.05, 0.1) is 0 Å². The maximum absolute atomic E-state index is 13.8. The maximum Gasteiger partial charge on any atom is 0.223 e. The highest BCUT2D eigenvalue weighted by Crippen LogP contribution is 2.65. The van der Waals surface area contributed by atoms with Gasteiger partial charge in [0.25, 0.3) is 0 Å². The Morgan fingerprint density at radius 1 is 0.848 bits per heavy atom. The van der Waals surface area contributed by atoms with Gasteiger partial charge in [-0.25, -0.2) is 0 Å². The zero-order chi connectivity index (χ0) is 22.6. The van der Waals surface area contributed by atoms with Crippen molar-refractivity contribution in [3.05, 3.63) is 65.7 Å². The van der Waals surface area contributed by atoms with Crippen molar-refractivity contribution >= 4 is 11.6 Å². The Balaban J connectivity index is 1.21. The van der Waals surface area contributed by atoms with Crippen molar-refractivity contribution in [2.24, 2.45) is 29.6 Å². The number of hydrogen-bond acceptors (Lipinski definition) is 2. The molecule has 0 atom stereocenters. The van der Waals surface area contributed by atoms with E-state index < -0.39 is 0 Å². The predicted molar refractivity (Wildman–Crippen MR) is 134 cm³/mol. The lowest BCUT2D eigenvalue weighted by Crippen LogP contribution is -2.60. The lowest BCUT2D eigenvalue weighted by molar-refractivity contribution is -0.142. The molecule has 0 radical (unpaired) electrons. The van der Waals surface area contributed by atoms with Crippen LogP contribution in [0.2, 0.25) is 0 Å². The van der Waals surface area contributed by atoms with Crippen LogP contribution in [0.15, 0.2) is 54.6 Å². The summed E-state index contributed by atoms with van der Waals surface area (Å²) in [6, 6.07) is 20.0. The molecule has 5 fully saturated rings. The average molecular weight is 443 g/mol. The van der Waals surface area contributed by atoms with Crippen LogP contribution in [0, 0.1) is 36.5 Å². The molecule has 0 N–H and O–H groups in total. The smallest absolute Gasteiger partial charge is 0.223 e. The van der Waals surface area contributed by atoms with Gasteiger partial charge in [-0.15, -0.1) is 0 Å². The van der Waals surface area contributed by atoms with E-state index in [9.17, 15) is 4.79 Å². The van der Waals surface area contributed by atoms with Crippen LogP contribution in [0.25, 0.3) is 0 Å². The molecule has 1 heterocycles. The Kier molecular flexibility index (Phi) is 5.27. The van der Waals surface area contributed by atoms with Gasteiger partial charge in [-0.3, -0.25) is 4.79 Å². The molecular weight excluding hydrogens is 404 g/mol. The van der Waals surface area contributed by atoms with Crippen LogP contribution in [-0.4, -0.2) is 37.0 Å². The molecule has 4 bridgehead atoms. The molecule has 1 amide bonds. The number of nitrogens with zero attached hydrogens (tertiary/aromatic N) is 2. The SMILES string of the molecule is Cc1ccc(N2CCN(C(=O)CC3(c4ccccc4)C4CC5CC3CC(C4)C5C)CC2)cc1. The molecule has 4 saturated carbocycles. The molecule has 2 aromatic carbocycles. The summed E-state index contributed by atoms with van der Waals surface area (Å²) in [5.41, 5.74) is 4.07. The molecule has 7 rings (SSSR count). The van der Waals surface area contributed by atoms with Crippen molar-refractivity contribution in [2.45, 2.75) is 51.4 Å². The van der Waals surface area contributed by atoms with Crippen LogP contribution >= 0.6 is 0 Å². The Morgan fingerprint density at radius 2 is 1.42 bits per heavy atom. The van der Waals surface area contributed by atoms with Gasteiger partial charge in [0, 0.05) is 43.7 Å². The second kappa shape index (κ2) is 8.18. The predicted octanol–water partition coefficient (Wildman–Crippen LogP) is 5.67. The average Bonchev–Trinajstić information content (AvgIpc) is 2.84. The van der Waals surface area contributed by atoms with E-state index in [1.54, 1.807) is 0 Å². The molecule has 0 unspecified atom stereocenters. The van der Waals surface area contributed by atoms with Gasteiger partial charge in [-0.2, -0.15) is 0 Å². The fraction of sp³-hybridized carbons (Fsp3) is 0.567. The molecule has 33 heavy (non-hydrogen) atoms. The van der Waals surface area contributed by atoms with Crippen LogP contribution in [-0.2, 0) is 10.2 Å². The first-order valence-electron chi connectivity index (χ1n) is 13.2. The van der Waals surface area contributed by atoms with Gasteiger partial charge in [0.1, 0.15) is 0 Å². The quantitative estimate of drug-likeness (QED) is 0.609. The summed E-state index contributed by atoms with van der Waals surface area (Å²) in [5, 5.41) is 0. The number of piperazine rings is 1. The zero-order valence-electron chi connectivity index (χ0n) is 20.2. The highest BCUT2D eigenvalue weighted by atomic mass is 16.2. The number of aryl methyl sites for hydroxylation is 1. The van der Waals surface area contributed by atoms with Crippen molar-refractivity contribution in [2.75, 3.05) is 31.1 Å². The third-order valence-electron chi connectivity index (χ3n) is 10.1. The van der Waals surface area contributed by atoms with E-state index >= 15 is 0 Å². The van der Waals surface area contributed by atoms with E-state index in [1.165, 1.54) is 42.5 Å². The van der Waals surface area contributed by atoms with E-state index in [-0.39, 0.29) is 5.41 Å². The highest BCUT2D eigenvalue weighted by Gasteiger charge is 2.60. The lowest BCUT2D eigenvalue weighted by Gasteiger charge is -2.64. The van der Waals surface area contributed by atoms with Crippen molar-refractivity contribution in [3.8, 4) is 0 Å². The topological polar surface area (TPSA) is 23.6 Å². The second-order valence-corrected chi connectivity index (χ2v) is 11.5. The minimum absolute atomic E-state index is 0.0551. The van der Waals surface area contributed by atoms with Crippen molar-refractivity contribution in [1.29, 1.82) is 0 Å². The number of carbonyl (C=O) groups is 1. The van der Waals surface area contributed by atoms with E-state index in [4.69, 9.17) is 0 Å². The first kappa shape index (κ1) is 21.3. The summed E-state index contributed by atoms with van der Waals surface area (Å²) in [5.74, 6) is 4.41. The van der Waals surface area contributed by atoms with Crippen molar-refractivity contribution in [3.63, 3.8) is 0 Å². The summed E-state index contributed by atoms with van der Waals surface area (Å²) in [6.07, 6.45) is 6.04. The van der Waals surface area contributed by atoms with Gasteiger partial charge >= 0.3 is 0 Å². The normalized spacial score (nSPS) is 35.2. The number of carbonyl (C=O) groups excluding carboxylic acids is 1. The molecule has 0 spiro atoms. The number of amides is 1. The molecule has 0 aromatic heterocycles. The lowest BCUT2D eigenvalue weighted by atomic mass is 9.41. The van der Waals surface area contributed by atoms with E-state index in [0.29, 0.717) is 24.2 Å². The molecule has 1 saturated heterocycles. The fourth-order valence-electron chi connectivity index (χ4n) is 8.21. The Morgan fingerprint density at radius 3 is 2.00 bits per heavy atom. The molecule has 4 aliphatic carbocycles. The monoisotopic (exact) mass is 442 g/mol. The van der Waals surface area contributed by atoms with Crippen LogP contribution in [0.4, 0.5) is 5.69 Å². The Labute approximate surface area is 199 Å². The molecule has 5 aliphatic rings. The molecular formula is C30H38N2O. The van der Waals surface area contributed by atoms with Crippen molar-refractivity contribution < 1.29 is 4.79 Å². The third kappa shape index (κ3) is 3.50. The maximum atomic E-state index is 13.8. The molecule has 2 aromatic rings. The molecule has 1 aliphatic heterocycles. The van der Waals surface area contributed by atoms with Crippen LogP contribution in [0.1, 0.15) is 50.2 Å². The summed E-state index contributed by atoms with van der Waals surface area (Å²) in [7, 11) is 0.